The van der Waals surface area contributed by atoms with Crippen molar-refractivity contribution in [2.24, 2.45) is 5.73 Å². The highest BCUT2D eigenvalue weighted by Gasteiger charge is 2.21. The van der Waals surface area contributed by atoms with E-state index in [-0.39, 0.29) is 34.8 Å². The molecule has 0 aliphatic carbocycles. The summed E-state index contributed by atoms with van der Waals surface area (Å²) in [5.41, 5.74) is 5.70. The van der Waals surface area contributed by atoms with Crippen LogP contribution in [0.1, 0.15) is 37.2 Å². The SMILES string of the molecule is CCC(N)(CC)CNC(=O)c1ccc(Cl)o1.Cl. The van der Waals surface area contributed by atoms with E-state index in [1.807, 2.05) is 13.8 Å². The van der Waals surface area contributed by atoms with E-state index in [0.717, 1.165) is 12.8 Å². The van der Waals surface area contributed by atoms with Gasteiger partial charge in [-0.1, -0.05) is 13.8 Å². The molecule has 0 bridgehead atoms. The predicted octanol–water partition coefficient (Wildman–Crippen LogP) is 2.60. The molecular formula is C11H18Cl2N2O2. The van der Waals surface area contributed by atoms with Crippen LogP contribution in [-0.4, -0.2) is 18.0 Å². The maximum atomic E-state index is 11.6. The number of carbonyl (C=O) groups excluding carboxylic acids is 1. The summed E-state index contributed by atoms with van der Waals surface area (Å²) in [6, 6.07) is 3.07. The van der Waals surface area contributed by atoms with Crippen molar-refractivity contribution in [2.45, 2.75) is 32.2 Å². The minimum absolute atomic E-state index is 0. The van der Waals surface area contributed by atoms with E-state index in [4.69, 9.17) is 21.8 Å². The predicted molar refractivity (Wildman–Crippen MR) is 70.8 cm³/mol. The third-order valence-corrected chi connectivity index (χ3v) is 3.01. The van der Waals surface area contributed by atoms with E-state index in [9.17, 15) is 4.79 Å². The summed E-state index contributed by atoms with van der Waals surface area (Å²) < 4.78 is 4.99. The molecule has 0 unspecified atom stereocenters. The molecule has 1 amide bonds. The molecule has 1 rings (SSSR count). The average Bonchev–Trinajstić information content (AvgIpc) is 2.72. The smallest absolute Gasteiger partial charge is 0.287 e. The van der Waals surface area contributed by atoms with Crippen molar-refractivity contribution in [3.05, 3.63) is 23.1 Å². The number of furan rings is 1. The number of nitrogens with two attached hydrogens (primary N) is 1. The monoisotopic (exact) mass is 280 g/mol. The molecule has 1 heterocycles. The molecule has 0 fully saturated rings. The molecule has 3 N–H and O–H groups in total. The van der Waals surface area contributed by atoms with Gasteiger partial charge in [-0.3, -0.25) is 4.79 Å². The summed E-state index contributed by atoms with van der Waals surface area (Å²) in [7, 11) is 0. The van der Waals surface area contributed by atoms with Crippen LogP contribution in [0.3, 0.4) is 0 Å². The maximum Gasteiger partial charge on any atom is 0.287 e. The summed E-state index contributed by atoms with van der Waals surface area (Å²) in [4.78, 5) is 11.6. The fourth-order valence-electron chi connectivity index (χ4n) is 1.28. The Balaban J connectivity index is 0.00000256. The second kappa shape index (κ2) is 6.89. The lowest BCUT2D eigenvalue weighted by molar-refractivity contribution is 0.0914. The fraction of sp³-hybridized carbons (Fsp3) is 0.545. The van der Waals surface area contributed by atoms with Gasteiger partial charge in [0, 0.05) is 12.1 Å². The largest absolute Gasteiger partial charge is 0.440 e. The molecule has 0 aromatic carbocycles. The van der Waals surface area contributed by atoms with Gasteiger partial charge in [-0.15, -0.1) is 12.4 Å². The molecule has 0 aliphatic heterocycles. The topological polar surface area (TPSA) is 68.3 Å². The molecule has 4 nitrogen and oxygen atoms in total. The van der Waals surface area contributed by atoms with Gasteiger partial charge in [0.15, 0.2) is 11.0 Å². The molecule has 0 spiro atoms. The van der Waals surface area contributed by atoms with Crippen LogP contribution >= 0.6 is 24.0 Å². The van der Waals surface area contributed by atoms with Gasteiger partial charge in [-0.2, -0.15) is 0 Å². The Morgan fingerprint density at radius 1 is 1.47 bits per heavy atom. The summed E-state index contributed by atoms with van der Waals surface area (Å²) in [6.45, 7) is 4.43. The molecular weight excluding hydrogens is 263 g/mol. The van der Waals surface area contributed by atoms with Crippen LogP contribution in [-0.2, 0) is 0 Å². The molecule has 0 saturated heterocycles. The van der Waals surface area contributed by atoms with Crippen molar-refractivity contribution < 1.29 is 9.21 Å². The second-order valence-electron chi connectivity index (χ2n) is 3.86. The van der Waals surface area contributed by atoms with Crippen molar-refractivity contribution in [3.63, 3.8) is 0 Å². The highest BCUT2D eigenvalue weighted by molar-refractivity contribution is 6.29. The van der Waals surface area contributed by atoms with Crippen molar-refractivity contribution in [1.29, 1.82) is 0 Å². The minimum Gasteiger partial charge on any atom is -0.440 e. The lowest BCUT2D eigenvalue weighted by Gasteiger charge is -2.26. The van der Waals surface area contributed by atoms with E-state index >= 15 is 0 Å². The first kappa shape index (κ1) is 16.3. The maximum absolute atomic E-state index is 11.6. The molecule has 0 radical (unpaired) electrons. The van der Waals surface area contributed by atoms with Gasteiger partial charge in [-0.25, -0.2) is 0 Å². The van der Waals surface area contributed by atoms with Crippen LogP contribution in [0.5, 0.6) is 0 Å². The summed E-state index contributed by atoms with van der Waals surface area (Å²) in [6.07, 6.45) is 1.62. The van der Waals surface area contributed by atoms with Gasteiger partial charge in [0.2, 0.25) is 0 Å². The van der Waals surface area contributed by atoms with Gasteiger partial charge < -0.3 is 15.5 Å². The molecule has 17 heavy (non-hydrogen) atoms. The second-order valence-corrected chi connectivity index (χ2v) is 4.23. The zero-order chi connectivity index (χ0) is 12.2. The van der Waals surface area contributed by atoms with Crippen LogP contribution < -0.4 is 11.1 Å². The Kier molecular flexibility index (Phi) is 6.60. The summed E-state index contributed by atoms with van der Waals surface area (Å²) in [5, 5.41) is 2.94. The Labute approximate surface area is 112 Å². The van der Waals surface area contributed by atoms with Gasteiger partial charge in [0.1, 0.15) is 0 Å². The number of rotatable bonds is 5. The van der Waals surface area contributed by atoms with E-state index in [1.165, 1.54) is 12.1 Å². The normalized spacial score (nSPS) is 10.8. The number of amides is 1. The van der Waals surface area contributed by atoms with E-state index in [2.05, 4.69) is 5.32 Å². The lowest BCUT2D eigenvalue weighted by Crippen LogP contribution is -2.49. The van der Waals surface area contributed by atoms with Crippen LogP contribution in [0, 0.1) is 0 Å². The van der Waals surface area contributed by atoms with Crippen LogP contribution in [0.25, 0.3) is 0 Å². The van der Waals surface area contributed by atoms with Gasteiger partial charge in [0.25, 0.3) is 5.91 Å². The fourth-order valence-corrected chi connectivity index (χ4v) is 1.43. The third-order valence-electron chi connectivity index (χ3n) is 2.81. The quantitative estimate of drug-likeness (QED) is 0.871. The molecule has 1 aromatic rings. The van der Waals surface area contributed by atoms with Gasteiger partial charge >= 0.3 is 0 Å². The Hall–Kier alpha value is -0.710. The highest BCUT2D eigenvalue weighted by Crippen LogP contribution is 2.14. The van der Waals surface area contributed by atoms with Crippen molar-refractivity contribution >= 4 is 29.9 Å². The van der Waals surface area contributed by atoms with Gasteiger partial charge in [-0.05, 0) is 36.6 Å². The van der Waals surface area contributed by atoms with Crippen LogP contribution in [0.2, 0.25) is 5.22 Å². The zero-order valence-electron chi connectivity index (χ0n) is 9.96. The van der Waals surface area contributed by atoms with Crippen molar-refractivity contribution in [1.82, 2.24) is 5.32 Å². The molecule has 98 valence electrons. The Morgan fingerprint density at radius 2 is 2.06 bits per heavy atom. The van der Waals surface area contributed by atoms with Crippen LogP contribution in [0.15, 0.2) is 16.5 Å². The average molecular weight is 281 g/mol. The number of hydrogen-bond donors (Lipinski definition) is 2. The Morgan fingerprint density at radius 3 is 2.47 bits per heavy atom. The van der Waals surface area contributed by atoms with Crippen LogP contribution in [0.4, 0.5) is 0 Å². The van der Waals surface area contributed by atoms with E-state index in [1.54, 1.807) is 0 Å². The standard InChI is InChI=1S/C11H17ClN2O2.ClH/c1-3-11(13,4-2)7-14-10(15)8-5-6-9(12)16-8;/h5-6H,3-4,7,13H2,1-2H3,(H,14,15);1H. The zero-order valence-corrected chi connectivity index (χ0v) is 11.5. The molecule has 1 aromatic heterocycles. The summed E-state index contributed by atoms with van der Waals surface area (Å²) >= 11 is 5.58. The number of hydrogen-bond acceptors (Lipinski definition) is 3. The van der Waals surface area contributed by atoms with Crippen molar-refractivity contribution in [3.8, 4) is 0 Å². The highest BCUT2D eigenvalue weighted by atomic mass is 35.5. The van der Waals surface area contributed by atoms with Gasteiger partial charge in [0.05, 0.1) is 0 Å². The first-order chi connectivity index (χ1) is 7.50. The minimum atomic E-state index is -0.355. The lowest BCUT2D eigenvalue weighted by atomic mass is 9.94. The van der Waals surface area contributed by atoms with E-state index in [0.29, 0.717) is 6.54 Å². The first-order valence-corrected chi connectivity index (χ1v) is 5.71. The Bertz CT molecular complexity index is 362. The molecule has 0 atom stereocenters. The molecule has 6 heteroatoms. The van der Waals surface area contributed by atoms with E-state index < -0.39 is 0 Å². The number of carbonyl (C=O) groups is 1. The van der Waals surface area contributed by atoms with Crippen molar-refractivity contribution in [2.75, 3.05) is 6.54 Å². The number of halogens is 2. The molecule has 0 aliphatic rings. The molecule has 0 saturated carbocycles. The number of nitrogens with one attached hydrogen (secondary N) is 1. The summed E-state index contributed by atoms with van der Waals surface area (Å²) in [5.74, 6) is -0.0804. The first-order valence-electron chi connectivity index (χ1n) is 5.33. The third kappa shape index (κ3) is 4.58.